The molecular formula is C18H16ClF2NO5. The standard InChI is InChI=1S/C18H16ClF2NO5/c1-11-8-14(6-7-15(11)19)25-10-17(24)26-9-16(23)22-12-2-4-13(5-3-12)27-18(20)21/h2-8,18H,9-10H2,1H3,(H,22,23). The third-order valence-electron chi connectivity index (χ3n) is 3.21. The third-order valence-corrected chi connectivity index (χ3v) is 3.64. The lowest BCUT2D eigenvalue weighted by atomic mass is 10.2. The highest BCUT2D eigenvalue weighted by Crippen LogP contribution is 2.21. The van der Waals surface area contributed by atoms with Crippen LogP contribution in [0.3, 0.4) is 0 Å². The molecule has 2 rings (SSSR count). The summed E-state index contributed by atoms with van der Waals surface area (Å²) in [5.74, 6) is -0.903. The number of hydrogen-bond donors (Lipinski definition) is 1. The smallest absolute Gasteiger partial charge is 0.387 e. The first-order valence-corrected chi connectivity index (χ1v) is 8.10. The Morgan fingerprint density at radius 3 is 2.37 bits per heavy atom. The normalized spacial score (nSPS) is 10.4. The minimum Gasteiger partial charge on any atom is -0.482 e. The van der Waals surface area contributed by atoms with Crippen molar-refractivity contribution >= 4 is 29.2 Å². The largest absolute Gasteiger partial charge is 0.482 e. The summed E-state index contributed by atoms with van der Waals surface area (Å²) < 4.78 is 38.4. The highest BCUT2D eigenvalue weighted by atomic mass is 35.5. The molecule has 2 aromatic carbocycles. The van der Waals surface area contributed by atoms with Crippen molar-refractivity contribution in [1.29, 1.82) is 0 Å². The van der Waals surface area contributed by atoms with E-state index in [4.69, 9.17) is 21.1 Å². The highest BCUT2D eigenvalue weighted by Gasteiger charge is 2.10. The van der Waals surface area contributed by atoms with Gasteiger partial charge in [0.25, 0.3) is 5.91 Å². The van der Waals surface area contributed by atoms with Crippen LogP contribution in [0.25, 0.3) is 0 Å². The molecule has 27 heavy (non-hydrogen) atoms. The summed E-state index contributed by atoms with van der Waals surface area (Å²) in [5.41, 5.74) is 1.14. The zero-order chi connectivity index (χ0) is 19.8. The van der Waals surface area contributed by atoms with Crippen molar-refractivity contribution in [2.75, 3.05) is 18.5 Å². The summed E-state index contributed by atoms with van der Waals surface area (Å²) in [7, 11) is 0. The van der Waals surface area contributed by atoms with Gasteiger partial charge in [0.2, 0.25) is 0 Å². The Labute approximate surface area is 159 Å². The Hall–Kier alpha value is -2.87. The number of anilines is 1. The fourth-order valence-corrected chi connectivity index (χ4v) is 2.07. The number of nitrogens with one attached hydrogen (secondary N) is 1. The first-order chi connectivity index (χ1) is 12.8. The molecule has 0 saturated heterocycles. The Balaban J connectivity index is 1.72. The quantitative estimate of drug-likeness (QED) is 0.683. The van der Waals surface area contributed by atoms with Crippen molar-refractivity contribution in [2.24, 2.45) is 0 Å². The molecule has 9 heteroatoms. The van der Waals surface area contributed by atoms with Gasteiger partial charge in [-0.15, -0.1) is 0 Å². The maximum atomic E-state index is 12.1. The van der Waals surface area contributed by atoms with Crippen LogP contribution in [0.4, 0.5) is 14.5 Å². The second kappa shape index (κ2) is 9.72. The molecule has 0 heterocycles. The van der Waals surface area contributed by atoms with Gasteiger partial charge in [0.15, 0.2) is 13.2 Å². The number of alkyl halides is 2. The van der Waals surface area contributed by atoms with E-state index >= 15 is 0 Å². The zero-order valence-electron chi connectivity index (χ0n) is 14.2. The summed E-state index contributed by atoms with van der Waals surface area (Å²) in [6.45, 7) is -2.02. The van der Waals surface area contributed by atoms with E-state index < -0.39 is 25.1 Å². The van der Waals surface area contributed by atoms with E-state index in [9.17, 15) is 18.4 Å². The number of carbonyl (C=O) groups excluding carboxylic acids is 2. The van der Waals surface area contributed by atoms with Gasteiger partial charge in [-0.05, 0) is 55.0 Å². The summed E-state index contributed by atoms with van der Waals surface area (Å²) in [4.78, 5) is 23.4. The summed E-state index contributed by atoms with van der Waals surface area (Å²) in [6.07, 6.45) is 0. The summed E-state index contributed by atoms with van der Waals surface area (Å²) in [6, 6.07) is 10.2. The lowest BCUT2D eigenvalue weighted by Crippen LogP contribution is -2.23. The van der Waals surface area contributed by atoms with E-state index in [-0.39, 0.29) is 12.4 Å². The maximum absolute atomic E-state index is 12.1. The number of rotatable bonds is 8. The molecule has 0 atom stereocenters. The van der Waals surface area contributed by atoms with Gasteiger partial charge in [0, 0.05) is 10.7 Å². The Morgan fingerprint density at radius 2 is 1.74 bits per heavy atom. The van der Waals surface area contributed by atoms with Crippen LogP contribution < -0.4 is 14.8 Å². The summed E-state index contributed by atoms with van der Waals surface area (Å²) >= 11 is 5.89. The van der Waals surface area contributed by atoms with Gasteiger partial charge in [0.05, 0.1) is 0 Å². The second-order valence-electron chi connectivity index (χ2n) is 5.31. The van der Waals surface area contributed by atoms with Crippen molar-refractivity contribution in [3.8, 4) is 11.5 Å². The highest BCUT2D eigenvalue weighted by molar-refractivity contribution is 6.31. The molecule has 144 valence electrons. The lowest BCUT2D eigenvalue weighted by Gasteiger charge is -2.09. The number of ether oxygens (including phenoxy) is 3. The number of esters is 1. The van der Waals surface area contributed by atoms with Gasteiger partial charge in [-0.2, -0.15) is 8.78 Å². The van der Waals surface area contributed by atoms with Gasteiger partial charge < -0.3 is 19.5 Å². The van der Waals surface area contributed by atoms with Crippen molar-refractivity contribution in [2.45, 2.75) is 13.5 Å². The van der Waals surface area contributed by atoms with Crippen LogP contribution in [0.15, 0.2) is 42.5 Å². The van der Waals surface area contributed by atoms with E-state index in [2.05, 4.69) is 10.1 Å². The number of halogens is 3. The lowest BCUT2D eigenvalue weighted by molar-refractivity contribution is -0.149. The van der Waals surface area contributed by atoms with Gasteiger partial charge in [-0.3, -0.25) is 4.79 Å². The first kappa shape index (κ1) is 20.4. The molecule has 1 N–H and O–H groups in total. The maximum Gasteiger partial charge on any atom is 0.387 e. The minimum atomic E-state index is -2.93. The van der Waals surface area contributed by atoms with Crippen LogP contribution in [0, 0.1) is 6.92 Å². The van der Waals surface area contributed by atoms with Crippen LogP contribution in [0.1, 0.15) is 5.56 Å². The van der Waals surface area contributed by atoms with Crippen molar-refractivity contribution in [3.63, 3.8) is 0 Å². The fourth-order valence-electron chi connectivity index (χ4n) is 1.95. The fraction of sp³-hybridized carbons (Fsp3) is 0.222. The summed E-state index contributed by atoms with van der Waals surface area (Å²) in [5, 5.41) is 3.03. The average molecular weight is 400 g/mol. The minimum absolute atomic E-state index is 0.0380. The molecule has 0 aliphatic rings. The molecule has 0 spiro atoms. The predicted molar refractivity (Wildman–Crippen MR) is 94.3 cm³/mol. The molecular weight excluding hydrogens is 384 g/mol. The van der Waals surface area contributed by atoms with Crippen LogP contribution in [-0.2, 0) is 14.3 Å². The SMILES string of the molecule is Cc1cc(OCC(=O)OCC(=O)Nc2ccc(OC(F)F)cc2)ccc1Cl. The van der Waals surface area contributed by atoms with Crippen molar-refractivity contribution < 1.29 is 32.6 Å². The Morgan fingerprint density at radius 1 is 1.07 bits per heavy atom. The number of aryl methyl sites for hydroxylation is 1. The molecule has 0 unspecified atom stereocenters. The zero-order valence-corrected chi connectivity index (χ0v) is 15.0. The molecule has 0 aromatic heterocycles. The molecule has 0 radical (unpaired) electrons. The molecule has 0 aliphatic heterocycles. The van der Waals surface area contributed by atoms with Crippen LogP contribution in [-0.4, -0.2) is 31.7 Å². The molecule has 1 amide bonds. The molecule has 2 aromatic rings. The number of amides is 1. The van der Waals surface area contributed by atoms with Gasteiger partial charge in [0.1, 0.15) is 11.5 Å². The van der Waals surface area contributed by atoms with Gasteiger partial charge in [-0.25, -0.2) is 4.79 Å². The van der Waals surface area contributed by atoms with E-state index in [0.29, 0.717) is 16.5 Å². The first-order valence-electron chi connectivity index (χ1n) is 7.73. The predicted octanol–water partition coefficient (Wildman–Crippen LogP) is 3.81. The van der Waals surface area contributed by atoms with Crippen molar-refractivity contribution in [1.82, 2.24) is 0 Å². The van der Waals surface area contributed by atoms with Gasteiger partial charge >= 0.3 is 12.6 Å². The number of carbonyl (C=O) groups is 2. The van der Waals surface area contributed by atoms with E-state index in [1.807, 2.05) is 0 Å². The Kier molecular flexibility index (Phi) is 7.36. The third kappa shape index (κ3) is 7.10. The molecule has 6 nitrogen and oxygen atoms in total. The van der Waals surface area contributed by atoms with Crippen molar-refractivity contribution in [3.05, 3.63) is 53.1 Å². The molecule has 0 aliphatic carbocycles. The monoisotopic (exact) mass is 399 g/mol. The van der Waals surface area contributed by atoms with Gasteiger partial charge in [-0.1, -0.05) is 11.6 Å². The Bertz CT molecular complexity index is 799. The molecule has 0 fully saturated rings. The molecule has 0 bridgehead atoms. The second-order valence-corrected chi connectivity index (χ2v) is 5.72. The van der Waals surface area contributed by atoms with Crippen LogP contribution in [0.2, 0.25) is 5.02 Å². The van der Waals surface area contributed by atoms with E-state index in [1.54, 1.807) is 25.1 Å². The average Bonchev–Trinajstić information content (AvgIpc) is 2.62. The molecule has 0 saturated carbocycles. The number of hydrogen-bond acceptors (Lipinski definition) is 5. The van der Waals surface area contributed by atoms with Crippen LogP contribution in [0.5, 0.6) is 11.5 Å². The van der Waals surface area contributed by atoms with E-state index in [1.165, 1.54) is 24.3 Å². The number of benzene rings is 2. The topological polar surface area (TPSA) is 73.9 Å². The van der Waals surface area contributed by atoms with Crippen LogP contribution >= 0.6 is 11.6 Å². The van der Waals surface area contributed by atoms with E-state index in [0.717, 1.165) is 5.56 Å².